The summed E-state index contributed by atoms with van der Waals surface area (Å²) in [6.07, 6.45) is 9.55. The Morgan fingerprint density at radius 2 is 1.71 bits per heavy atom. The van der Waals surface area contributed by atoms with Crippen molar-refractivity contribution in [2.45, 2.75) is 83.8 Å². The minimum Gasteiger partial charge on any atom is -0.352 e. The van der Waals surface area contributed by atoms with Crippen molar-refractivity contribution in [3.05, 3.63) is 35.4 Å². The number of amides is 3. The first kappa shape index (κ1) is 23.6. The average Bonchev–Trinajstić information content (AvgIpc) is 2.77. The van der Waals surface area contributed by atoms with E-state index < -0.39 is 0 Å². The quantitative estimate of drug-likeness (QED) is 0.522. The van der Waals surface area contributed by atoms with Crippen molar-refractivity contribution < 1.29 is 9.59 Å². The van der Waals surface area contributed by atoms with Gasteiger partial charge in [-0.1, -0.05) is 50.5 Å². The zero-order valence-electron chi connectivity index (χ0n) is 19.1. The van der Waals surface area contributed by atoms with Gasteiger partial charge in [0.1, 0.15) is 0 Å². The van der Waals surface area contributed by atoms with Gasteiger partial charge < -0.3 is 16.0 Å². The second-order valence-corrected chi connectivity index (χ2v) is 9.41. The molecule has 2 fully saturated rings. The van der Waals surface area contributed by atoms with E-state index in [4.69, 9.17) is 0 Å². The molecule has 1 saturated carbocycles. The van der Waals surface area contributed by atoms with Crippen molar-refractivity contribution in [1.29, 1.82) is 0 Å². The van der Waals surface area contributed by atoms with Gasteiger partial charge in [0.2, 0.25) is 5.91 Å². The molecule has 1 aromatic rings. The van der Waals surface area contributed by atoms with Crippen LogP contribution in [-0.4, -0.2) is 42.5 Å². The highest BCUT2D eigenvalue weighted by Crippen LogP contribution is 2.18. The van der Waals surface area contributed by atoms with Gasteiger partial charge in [-0.15, -0.1) is 0 Å². The van der Waals surface area contributed by atoms with Crippen LogP contribution < -0.4 is 16.0 Å². The Morgan fingerprint density at radius 3 is 2.45 bits per heavy atom. The lowest BCUT2D eigenvalue weighted by atomic mass is 9.96. The van der Waals surface area contributed by atoms with Crippen LogP contribution in [0.4, 0.5) is 4.79 Å². The van der Waals surface area contributed by atoms with Crippen LogP contribution >= 0.6 is 0 Å². The van der Waals surface area contributed by atoms with Gasteiger partial charge in [0.15, 0.2) is 0 Å². The molecule has 3 N–H and O–H groups in total. The molecule has 0 radical (unpaired) electrons. The van der Waals surface area contributed by atoms with Gasteiger partial charge in [-0.05, 0) is 55.7 Å². The van der Waals surface area contributed by atoms with Gasteiger partial charge in [-0.3, -0.25) is 9.69 Å². The van der Waals surface area contributed by atoms with Gasteiger partial charge in [-0.2, -0.15) is 0 Å². The summed E-state index contributed by atoms with van der Waals surface area (Å²) in [6, 6.07) is 8.78. The fraction of sp³-hybridized carbons (Fsp3) is 0.680. The van der Waals surface area contributed by atoms with Crippen LogP contribution in [0.25, 0.3) is 0 Å². The van der Waals surface area contributed by atoms with Crippen molar-refractivity contribution >= 4 is 11.9 Å². The molecule has 3 amide bonds. The Bertz CT molecular complexity index is 685. The molecule has 1 aromatic carbocycles. The SMILES string of the molecule is CC1CCCN(Cc2ccc(CNC(=O)CCCNC(=O)NC3CCCCC3)cc2)C1. The number of benzene rings is 1. The van der Waals surface area contributed by atoms with E-state index in [2.05, 4.69) is 52.0 Å². The van der Waals surface area contributed by atoms with E-state index in [1.807, 2.05) is 0 Å². The smallest absolute Gasteiger partial charge is 0.315 e. The second-order valence-electron chi connectivity index (χ2n) is 9.41. The lowest BCUT2D eigenvalue weighted by Gasteiger charge is -2.30. The molecule has 1 saturated heterocycles. The molecule has 31 heavy (non-hydrogen) atoms. The third-order valence-electron chi connectivity index (χ3n) is 6.47. The Hall–Kier alpha value is -2.08. The molecule has 1 aliphatic carbocycles. The zero-order chi connectivity index (χ0) is 21.9. The van der Waals surface area contributed by atoms with Crippen molar-refractivity contribution in [1.82, 2.24) is 20.9 Å². The highest BCUT2D eigenvalue weighted by Gasteiger charge is 2.16. The Kier molecular flexibility index (Phi) is 9.66. The minimum absolute atomic E-state index is 0.0286. The van der Waals surface area contributed by atoms with E-state index in [0.29, 0.717) is 32.0 Å². The van der Waals surface area contributed by atoms with Crippen molar-refractivity contribution in [2.75, 3.05) is 19.6 Å². The lowest BCUT2D eigenvalue weighted by Crippen LogP contribution is -2.43. The third-order valence-corrected chi connectivity index (χ3v) is 6.47. The first-order chi connectivity index (χ1) is 15.1. The molecule has 0 bridgehead atoms. The summed E-state index contributed by atoms with van der Waals surface area (Å²) in [5.41, 5.74) is 2.45. The molecule has 0 spiro atoms. The molecular formula is C25H40N4O2. The fourth-order valence-electron chi connectivity index (χ4n) is 4.67. The number of carbonyl (C=O) groups excluding carboxylic acids is 2. The largest absolute Gasteiger partial charge is 0.352 e. The van der Waals surface area contributed by atoms with Crippen LogP contribution in [0.3, 0.4) is 0 Å². The number of carbonyl (C=O) groups is 2. The number of nitrogens with zero attached hydrogens (tertiary/aromatic N) is 1. The van der Waals surface area contributed by atoms with Gasteiger partial charge in [0, 0.05) is 38.6 Å². The molecule has 0 aromatic heterocycles. The summed E-state index contributed by atoms with van der Waals surface area (Å²) < 4.78 is 0. The molecule has 3 rings (SSSR count). The zero-order valence-corrected chi connectivity index (χ0v) is 19.1. The summed E-state index contributed by atoms with van der Waals surface area (Å²) in [5.74, 6) is 0.825. The standard InChI is InChI=1S/C25H40N4O2/c1-20-7-6-16-29(18-20)19-22-13-11-21(12-14-22)17-27-24(30)10-5-15-26-25(31)28-23-8-3-2-4-9-23/h11-14,20,23H,2-10,15-19H2,1H3,(H,27,30)(H2,26,28,31). The van der Waals surface area contributed by atoms with Crippen molar-refractivity contribution in [3.8, 4) is 0 Å². The van der Waals surface area contributed by atoms with E-state index in [9.17, 15) is 9.59 Å². The number of urea groups is 1. The second kappa shape index (κ2) is 12.7. The molecule has 1 heterocycles. The molecule has 1 unspecified atom stereocenters. The molecular weight excluding hydrogens is 388 g/mol. The van der Waals surface area contributed by atoms with Crippen LogP contribution in [0.15, 0.2) is 24.3 Å². The van der Waals surface area contributed by atoms with E-state index >= 15 is 0 Å². The number of nitrogens with one attached hydrogen (secondary N) is 3. The molecule has 6 nitrogen and oxygen atoms in total. The summed E-state index contributed by atoms with van der Waals surface area (Å²) in [7, 11) is 0. The van der Waals surface area contributed by atoms with Crippen LogP contribution in [0, 0.1) is 5.92 Å². The average molecular weight is 429 g/mol. The third kappa shape index (κ3) is 8.90. The maximum Gasteiger partial charge on any atom is 0.315 e. The maximum atomic E-state index is 12.1. The predicted octanol–water partition coefficient (Wildman–Crippen LogP) is 3.95. The molecule has 1 aliphatic heterocycles. The maximum absolute atomic E-state index is 12.1. The van der Waals surface area contributed by atoms with Gasteiger partial charge in [-0.25, -0.2) is 4.79 Å². The summed E-state index contributed by atoms with van der Waals surface area (Å²) in [4.78, 5) is 26.5. The first-order valence-corrected chi connectivity index (χ1v) is 12.2. The highest BCUT2D eigenvalue weighted by molar-refractivity contribution is 5.76. The van der Waals surface area contributed by atoms with E-state index in [1.54, 1.807) is 0 Å². The van der Waals surface area contributed by atoms with Gasteiger partial charge in [0.05, 0.1) is 0 Å². The molecule has 1 atom stereocenters. The van der Waals surface area contributed by atoms with Crippen LogP contribution in [0.5, 0.6) is 0 Å². The van der Waals surface area contributed by atoms with Crippen molar-refractivity contribution in [2.24, 2.45) is 5.92 Å². The van der Waals surface area contributed by atoms with Crippen LogP contribution in [0.1, 0.15) is 75.8 Å². The lowest BCUT2D eigenvalue weighted by molar-refractivity contribution is -0.121. The van der Waals surface area contributed by atoms with Crippen LogP contribution in [0.2, 0.25) is 0 Å². The van der Waals surface area contributed by atoms with Crippen molar-refractivity contribution in [3.63, 3.8) is 0 Å². The van der Waals surface area contributed by atoms with Gasteiger partial charge >= 0.3 is 6.03 Å². The Balaban J connectivity index is 1.25. The van der Waals surface area contributed by atoms with E-state index in [1.165, 1.54) is 50.8 Å². The number of likely N-dealkylation sites (tertiary alicyclic amines) is 1. The summed E-state index contributed by atoms with van der Waals surface area (Å²) in [5, 5.41) is 8.88. The number of hydrogen-bond acceptors (Lipinski definition) is 3. The normalized spacial score (nSPS) is 20.2. The topological polar surface area (TPSA) is 73.5 Å². The first-order valence-electron chi connectivity index (χ1n) is 12.2. The predicted molar refractivity (Wildman–Crippen MR) is 125 cm³/mol. The fourth-order valence-corrected chi connectivity index (χ4v) is 4.67. The number of rotatable bonds is 9. The van der Waals surface area contributed by atoms with E-state index in [-0.39, 0.29) is 11.9 Å². The Morgan fingerprint density at radius 1 is 0.968 bits per heavy atom. The Labute approximate surface area is 187 Å². The number of piperidine rings is 1. The van der Waals surface area contributed by atoms with Crippen LogP contribution in [-0.2, 0) is 17.9 Å². The molecule has 2 aliphatic rings. The highest BCUT2D eigenvalue weighted by atomic mass is 16.2. The summed E-state index contributed by atoms with van der Waals surface area (Å²) >= 11 is 0. The summed E-state index contributed by atoms with van der Waals surface area (Å²) in [6.45, 7) is 6.80. The number of hydrogen-bond donors (Lipinski definition) is 3. The minimum atomic E-state index is -0.105. The van der Waals surface area contributed by atoms with E-state index in [0.717, 1.165) is 30.9 Å². The monoisotopic (exact) mass is 428 g/mol. The molecule has 172 valence electrons. The molecule has 6 heteroatoms. The van der Waals surface area contributed by atoms with Gasteiger partial charge in [0.25, 0.3) is 0 Å².